The van der Waals surface area contributed by atoms with E-state index in [2.05, 4.69) is 5.10 Å². The van der Waals surface area contributed by atoms with Crippen LogP contribution in [0.1, 0.15) is 12.5 Å². The van der Waals surface area contributed by atoms with E-state index < -0.39 is 11.0 Å². The van der Waals surface area contributed by atoms with Crippen molar-refractivity contribution in [1.82, 2.24) is 9.78 Å². The van der Waals surface area contributed by atoms with E-state index in [-0.39, 0.29) is 18.8 Å². The molecule has 1 unspecified atom stereocenters. The number of aliphatic hydroxyl groups is 1. The van der Waals surface area contributed by atoms with E-state index in [0.717, 1.165) is 18.2 Å². The van der Waals surface area contributed by atoms with Gasteiger partial charge in [0.05, 0.1) is 11.5 Å². The van der Waals surface area contributed by atoms with Crippen molar-refractivity contribution < 1.29 is 14.8 Å². The monoisotopic (exact) mass is 325 g/mol. The average molecular weight is 326 g/mol. The second-order valence-corrected chi connectivity index (χ2v) is 5.16. The van der Waals surface area contributed by atoms with Gasteiger partial charge >= 0.3 is 5.69 Å². The molecule has 1 heterocycles. The summed E-state index contributed by atoms with van der Waals surface area (Å²) >= 11 is 6.02. The molecule has 1 aromatic heterocycles. The third kappa shape index (κ3) is 4.19. The van der Waals surface area contributed by atoms with E-state index in [0.29, 0.717) is 10.8 Å². The summed E-state index contributed by atoms with van der Waals surface area (Å²) in [5.41, 5.74) is 0.856. The normalized spacial score (nSPS) is 12.1. The smallest absolute Gasteiger partial charge is 0.306 e. The quantitative estimate of drug-likeness (QED) is 0.623. The molecule has 22 heavy (non-hydrogen) atoms. The van der Waals surface area contributed by atoms with Crippen LogP contribution in [0.15, 0.2) is 30.6 Å². The second kappa shape index (κ2) is 7.24. The van der Waals surface area contributed by atoms with Gasteiger partial charge < -0.3 is 9.84 Å². The molecule has 2 rings (SSSR count). The van der Waals surface area contributed by atoms with E-state index in [1.165, 1.54) is 10.9 Å². The van der Waals surface area contributed by atoms with E-state index in [1.54, 1.807) is 12.1 Å². The molecule has 8 heteroatoms. The third-order valence-corrected chi connectivity index (χ3v) is 3.44. The summed E-state index contributed by atoms with van der Waals surface area (Å²) in [4.78, 5) is 10.0. The first-order valence-electron chi connectivity index (χ1n) is 6.75. The van der Waals surface area contributed by atoms with Gasteiger partial charge in [-0.2, -0.15) is 5.10 Å². The predicted octanol–water partition coefficient (Wildman–Crippen LogP) is 2.45. The number of aromatic nitrogens is 2. The lowest BCUT2D eigenvalue weighted by Crippen LogP contribution is -2.23. The van der Waals surface area contributed by atoms with Crippen molar-refractivity contribution in [2.75, 3.05) is 6.61 Å². The fraction of sp³-hybridized carbons (Fsp3) is 0.357. The maximum Gasteiger partial charge on any atom is 0.306 e. The van der Waals surface area contributed by atoms with Crippen LogP contribution in [0.5, 0.6) is 5.75 Å². The number of hydrogen-bond donors (Lipinski definition) is 1. The second-order valence-electron chi connectivity index (χ2n) is 4.75. The Bertz CT molecular complexity index is 659. The van der Waals surface area contributed by atoms with Crippen LogP contribution in [0.4, 0.5) is 5.69 Å². The van der Waals surface area contributed by atoms with Gasteiger partial charge in [0.25, 0.3) is 0 Å². The lowest BCUT2D eigenvalue weighted by atomic mass is 10.1. The molecule has 0 radical (unpaired) electrons. The molecule has 0 bridgehead atoms. The van der Waals surface area contributed by atoms with Crippen LogP contribution < -0.4 is 4.74 Å². The Hall–Kier alpha value is -2.12. The van der Waals surface area contributed by atoms with Crippen LogP contribution >= 0.6 is 11.6 Å². The molecule has 1 N–H and O–H groups in total. The number of rotatable bonds is 7. The average Bonchev–Trinajstić information content (AvgIpc) is 2.95. The molecule has 0 aliphatic carbocycles. The van der Waals surface area contributed by atoms with Crippen LogP contribution in [-0.4, -0.2) is 32.5 Å². The zero-order chi connectivity index (χ0) is 16.1. The van der Waals surface area contributed by atoms with E-state index in [9.17, 15) is 15.2 Å². The number of benzene rings is 1. The van der Waals surface area contributed by atoms with Gasteiger partial charge in [0.2, 0.25) is 0 Å². The van der Waals surface area contributed by atoms with Crippen molar-refractivity contribution in [1.29, 1.82) is 0 Å². The fourth-order valence-electron chi connectivity index (χ4n) is 1.92. The number of aliphatic hydroxyl groups excluding tert-OH is 1. The number of nitro groups is 1. The molecule has 0 saturated heterocycles. The number of ether oxygens (including phenoxy) is 1. The van der Waals surface area contributed by atoms with Crippen molar-refractivity contribution in [2.45, 2.75) is 26.0 Å². The minimum absolute atomic E-state index is 0.0540. The van der Waals surface area contributed by atoms with Crippen LogP contribution in [0.2, 0.25) is 5.02 Å². The van der Waals surface area contributed by atoms with Gasteiger partial charge in [0.1, 0.15) is 30.9 Å². The Kier molecular flexibility index (Phi) is 5.35. The van der Waals surface area contributed by atoms with Gasteiger partial charge in [0.15, 0.2) is 0 Å². The predicted molar refractivity (Wildman–Crippen MR) is 81.2 cm³/mol. The Morgan fingerprint density at radius 2 is 2.32 bits per heavy atom. The molecule has 0 saturated carbocycles. The van der Waals surface area contributed by atoms with Gasteiger partial charge in [0, 0.05) is 5.02 Å². The summed E-state index contributed by atoms with van der Waals surface area (Å²) in [7, 11) is 0. The minimum atomic E-state index is -0.833. The molecule has 0 fully saturated rings. The minimum Gasteiger partial charge on any atom is -0.491 e. The first-order valence-corrected chi connectivity index (χ1v) is 7.13. The van der Waals surface area contributed by atoms with Crippen molar-refractivity contribution >= 4 is 17.3 Å². The number of nitrogens with zero attached hydrogens (tertiary/aromatic N) is 3. The number of hydrogen-bond acceptors (Lipinski definition) is 5. The Balaban J connectivity index is 1.89. The molecule has 7 nitrogen and oxygen atoms in total. The van der Waals surface area contributed by atoms with Crippen molar-refractivity contribution in [2.24, 2.45) is 0 Å². The Morgan fingerprint density at radius 1 is 1.55 bits per heavy atom. The summed E-state index contributed by atoms with van der Waals surface area (Å²) < 4.78 is 6.82. The number of halogens is 1. The zero-order valence-electron chi connectivity index (χ0n) is 12.0. The standard InChI is InChI=1S/C14H16ClN3O4/c1-2-10-5-13(3-4-14(10)15)22-9-12(19)8-17-7-11(6-16-17)18(20)21/h3-7,12,19H,2,8-9H2,1H3. The molecule has 0 aliphatic heterocycles. The van der Waals surface area contributed by atoms with Crippen molar-refractivity contribution in [3.63, 3.8) is 0 Å². The van der Waals surface area contributed by atoms with Crippen molar-refractivity contribution in [3.05, 3.63) is 51.3 Å². The van der Waals surface area contributed by atoms with E-state index >= 15 is 0 Å². The maximum absolute atomic E-state index is 10.6. The van der Waals surface area contributed by atoms with Crippen LogP contribution in [0.25, 0.3) is 0 Å². The summed E-state index contributed by atoms with van der Waals surface area (Å²) in [5.74, 6) is 0.617. The molecule has 1 aromatic carbocycles. The molecule has 0 spiro atoms. The van der Waals surface area contributed by atoms with E-state index in [4.69, 9.17) is 16.3 Å². The molecule has 118 valence electrons. The molecule has 0 aliphatic rings. The van der Waals surface area contributed by atoms with Crippen LogP contribution in [-0.2, 0) is 13.0 Å². The SMILES string of the molecule is CCc1cc(OCC(O)Cn2cc([N+](=O)[O-])cn2)ccc1Cl. The van der Waals surface area contributed by atoms with Gasteiger partial charge in [-0.05, 0) is 30.2 Å². The van der Waals surface area contributed by atoms with Gasteiger partial charge in [-0.1, -0.05) is 18.5 Å². The summed E-state index contributed by atoms with van der Waals surface area (Å²) in [6.45, 7) is 2.16. The largest absolute Gasteiger partial charge is 0.491 e. The maximum atomic E-state index is 10.6. The number of aryl methyl sites for hydroxylation is 1. The topological polar surface area (TPSA) is 90.4 Å². The van der Waals surface area contributed by atoms with Gasteiger partial charge in [-0.15, -0.1) is 0 Å². The van der Waals surface area contributed by atoms with Crippen LogP contribution in [0.3, 0.4) is 0 Å². The highest BCUT2D eigenvalue weighted by Crippen LogP contribution is 2.22. The Labute approximate surface area is 132 Å². The van der Waals surface area contributed by atoms with Crippen LogP contribution in [0, 0.1) is 10.1 Å². The first-order chi connectivity index (χ1) is 10.5. The summed E-state index contributed by atoms with van der Waals surface area (Å²) in [6.07, 6.45) is 2.36. The molecular weight excluding hydrogens is 310 g/mol. The van der Waals surface area contributed by atoms with Gasteiger partial charge in [-0.25, -0.2) is 0 Å². The summed E-state index contributed by atoms with van der Waals surface area (Å²) in [5, 5.41) is 25.0. The third-order valence-electron chi connectivity index (χ3n) is 3.07. The summed E-state index contributed by atoms with van der Waals surface area (Å²) in [6, 6.07) is 5.31. The highest BCUT2D eigenvalue weighted by molar-refractivity contribution is 6.31. The molecule has 0 amide bonds. The van der Waals surface area contributed by atoms with Gasteiger partial charge in [-0.3, -0.25) is 14.8 Å². The highest BCUT2D eigenvalue weighted by Gasteiger charge is 2.12. The molecule has 2 aromatic rings. The molecule has 1 atom stereocenters. The lowest BCUT2D eigenvalue weighted by Gasteiger charge is -2.13. The molecular formula is C14H16ClN3O4. The lowest BCUT2D eigenvalue weighted by molar-refractivity contribution is -0.385. The first kappa shape index (κ1) is 16.3. The highest BCUT2D eigenvalue weighted by atomic mass is 35.5. The zero-order valence-corrected chi connectivity index (χ0v) is 12.7. The van der Waals surface area contributed by atoms with E-state index in [1.807, 2.05) is 13.0 Å². The van der Waals surface area contributed by atoms with Crippen molar-refractivity contribution in [3.8, 4) is 5.75 Å². The fourth-order valence-corrected chi connectivity index (χ4v) is 2.17. The Morgan fingerprint density at radius 3 is 2.95 bits per heavy atom.